The molecule has 0 aliphatic carbocycles. The van der Waals surface area contributed by atoms with E-state index in [1.54, 1.807) is 7.05 Å². The average Bonchev–Trinajstić information content (AvgIpc) is 3.18. The largest absolute Gasteiger partial charge is 0.507 e. The van der Waals surface area contributed by atoms with Gasteiger partial charge in [-0.1, -0.05) is 17.7 Å². The second-order valence-corrected chi connectivity index (χ2v) is 9.92. The van der Waals surface area contributed by atoms with E-state index in [1.807, 2.05) is 16.7 Å². The molecule has 9 nitrogen and oxygen atoms in total. The average molecular weight is 501 g/mol. The van der Waals surface area contributed by atoms with E-state index in [0.717, 1.165) is 25.7 Å². The monoisotopic (exact) mass is 500 g/mol. The number of carbonyl (C=O) groups excluding carboxylic acids is 2. The van der Waals surface area contributed by atoms with Crippen molar-refractivity contribution in [3.8, 4) is 28.5 Å². The number of hydrogen-bond acceptors (Lipinski definition) is 7. The normalized spacial score (nSPS) is 23.9. The standard InChI is InChI=1S/C25H29ClN4O5/c1-25(24(34)27-2)10-6-12-30(25)22-18-21(35-13-14-7-3-4-11-29(14)23(18)33)19(26)20(28-22)17-15(31)8-5-9-16(17)32/h5,8-9,14,31-32H,3-4,6-7,10-13H2,1-2H3,(H,27,34)/t14-,25+/m1/s1. The summed E-state index contributed by atoms with van der Waals surface area (Å²) in [5, 5.41) is 23.9. The van der Waals surface area contributed by atoms with Crippen molar-refractivity contribution >= 4 is 29.2 Å². The zero-order chi connectivity index (χ0) is 24.9. The van der Waals surface area contributed by atoms with Gasteiger partial charge < -0.3 is 30.1 Å². The molecular formula is C25H29ClN4O5. The minimum Gasteiger partial charge on any atom is -0.507 e. The highest BCUT2D eigenvalue weighted by Crippen LogP contribution is 2.49. The second kappa shape index (κ2) is 8.78. The molecule has 0 radical (unpaired) electrons. The fourth-order valence-electron chi connectivity index (χ4n) is 5.56. The first-order valence-corrected chi connectivity index (χ1v) is 12.3. The van der Waals surface area contributed by atoms with Crippen molar-refractivity contribution in [2.45, 2.75) is 50.6 Å². The quantitative estimate of drug-likeness (QED) is 0.592. The highest BCUT2D eigenvalue weighted by atomic mass is 35.5. The predicted octanol–water partition coefficient (Wildman–Crippen LogP) is 3.31. The Balaban J connectivity index is 1.79. The fraction of sp³-hybridized carbons (Fsp3) is 0.480. The Morgan fingerprint density at radius 1 is 1.20 bits per heavy atom. The lowest BCUT2D eigenvalue weighted by atomic mass is 9.96. The molecule has 2 fully saturated rings. The van der Waals surface area contributed by atoms with Crippen molar-refractivity contribution in [3.05, 3.63) is 28.8 Å². The molecule has 2 aromatic rings. The number of anilines is 1. The van der Waals surface area contributed by atoms with Crippen LogP contribution in [0.25, 0.3) is 11.3 Å². The first kappa shape index (κ1) is 23.5. The maximum Gasteiger partial charge on any atom is 0.261 e. The Morgan fingerprint density at radius 2 is 1.94 bits per heavy atom. The van der Waals surface area contributed by atoms with Gasteiger partial charge in [0.15, 0.2) is 5.75 Å². The van der Waals surface area contributed by atoms with Crippen LogP contribution in [0.2, 0.25) is 5.02 Å². The molecule has 3 N–H and O–H groups in total. The zero-order valence-electron chi connectivity index (χ0n) is 19.8. The molecule has 3 aliphatic rings. The van der Waals surface area contributed by atoms with Gasteiger partial charge in [0, 0.05) is 20.1 Å². The summed E-state index contributed by atoms with van der Waals surface area (Å²) in [6.07, 6.45) is 4.03. The fourth-order valence-corrected chi connectivity index (χ4v) is 5.85. The Kier molecular flexibility index (Phi) is 5.91. The number of amides is 2. The van der Waals surface area contributed by atoms with E-state index in [1.165, 1.54) is 18.2 Å². The molecule has 5 rings (SSSR count). The molecule has 186 valence electrons. The number of rotatable bonds is 3. The molecule has 0 saturated carbocycles. The maximum atomic E-state index is 14.0. The van der Waals surface area contributed by atoms with Crippen molar-refractivity contribution in [3.63, 3.8) is 0 Å². The smallest absolute Gasteiger partial charge is 0.261 e. The summed E-state index contributed by atoms with van der Waals surface area (Å²) in [6, 6.07) is 4.27. The molecule has 2 amide bonds. The van der Waals surface area contributed by atoms with Crippen LogP contribution in [0.1, 0.15) is 49.4 Å². The molecular weight excluding hydrogens is 472 g/mol. The van der Waals surface area contributed by atoms with Crippen molar-refractivity contribution in [2.75, 3.05) is 31.6 Å². The van der Waals surface area contributed by atoms with Gasteiger partial charge >= 0.3 is 0 Å². The molecule has 0 unspecified atom stereocenters. The van der Waals surface area contributed by atoms with Crippen LogP contribution < -0.4 is 15.0 Å². The Labute approximate surface area is 208 Å². The summed E-state index contributed by atoms with van der Waals surface area (Å²) >= 11 is 6.80. The summed E-state index contributed by atoms with van der Waals surface area (Å²) in [4.78, 5) is 35.4. The molecule has 2 saturated heterocycles. The van der Waals surface area contributed by atoms with Crippen molar-refractivity contribution < 1.29 is 24.5 Å². The van der Waals surface area contributed by atoms with E-state index in [9.17, 15) is 19.8 Å². The first-order chi connectivity index (χ1) is 16.8. The van der Waals surface area contributed by atoms with E-state index in [0.29, 0.717) is 19.5 Å². The number of halogens is 1. The molecule has 1 aromatic carbocycles. The number of carbonyl (C=O) groups is 2. The molecule has 0 bridgehead atoms. The van der Waals surface area contributed by atoms with Crippen LogP contribution in [-0.2, 0) is 4.79 Å². The SMILES string of the molecule is CNC(=O)[C@]1(C)CCCN1c1nc(-c2c(O)cccc2O)c(Cl)c2c1C(=O)N1CCCC[C@@H]1CO2. The lowest BCUT2D eigenvalue weighted by molar-refractivity contribution is -0.125. The Morgan fingerprint density at radius 3 is 2.66 bits per heavy atom. The van der Waals surface area contributed by atoms with Gasteiger partial charge in [-0.05, 0) is 51.2 Å². The summed E-state index contributed by atoms with van der Waals surface area (Å²) in [6.45, 7) is 3.21. The summed E-state index contributed by atoms with van der Waals surface area (Å²) in [5.74, 6) is -0.408. The summed E-state index contributed by atoms with van der Waals surface area (Å²) in [7, 11) is 1.58. The van der Waals surface area contributed by atoms with Crippen molar-refractivity contribution in [1.82, 2.24) is 15.2 Å². The third-order valence-electron chi connectivity index (χ3n) is 7.47. The lowest BCUT2D eigenvalue weighted by Crippen LogP contribution is -2.53. The van der Waals surface area contributed by atoms with Gasteiger partial charge in [0.2, 0.25) is 5.91 Å². The maximum absolute atomic E-state index is 14.0. The molecule has 10 heteroatoms. The summed E-state index contributed by atoms with van der Waals surface area (Å²) < 4.78 is 6.19. The molecule has 4 heterocycles. The number of aromatic nitrogens is 1. The highest BCUT2D eigenvalue weighted by Gasteiger charge is 2.47. The number of likely N-dealkylation sites (N-methyl/N-ethyl adjacent to an activating group) is 1. The number of benzene rings is 1. The number of pyridine rings is 1. The number of aromatic hydroxyl groups is 2. The number of nitrogens with one attached hydrogen (secondary N) is 1. The van der Waals surface area contributed by atoms with Gasteiger partial charge in [-0.3, -0.25) is 9.59 Å². The van der Waals surface area contributed by atoms with E-state index >= 15 is 0 Å². The van der Waals surface area contributed by atoms with Crippen LogP contribution in [0.15, 0.2) is 18.2 Å². The predicted molar refractivity (Wildman–Crippen MR) is 131 cm³/mol. The third kappa shape index (κ3) is 3.64. The van der Waals surface area contributed by atoms with E-state index in [-0.39, 0.29) is 69.4 Å². The van der Waals surface area contributed by atoms with Gasteiger partial charge in [0.25, 0.3) is 5.91 Å². The van der Waals surface area contributed by atoms with Gasteiger partial charge in [-0.2, -0.15) is 0 Å². The number of phenols is 2. The van der Waals surface area contributed by atoms with Crippen LogP contribution in [0, 0.1) is 0 Å². The zero-order valence-corrected chi connectivity index (χ0v) is 20.6. The number of nitrogens with zero attached hydrogens (tertiary/aromatic N) is 3. The van der Waals surface area contributed by atoms with Crippen LogP contribution in [0.5, 0.6) is 17.2 Å². The van der Waals surface area contributed by atoms with Crippen LogP contribution in [0.4, 0.5) is 5.82 Å². The van der Waals surface area contributed by atoms with Crippen molar-refractivity contribution in [1.29, 1.82) is 0 Å². The highest BCUT2D eigenvalue weighted by molar-refractivity contribution is 6.35. The summed E-state index contributed by atoms with van der Waals surface area (Å²) in [5.41, 5.74) is -0.597. The van der Waals surface area contributed by atoms with Crippen LogP contribution >= 0.6 is 11.6 Å². The van der Waals surface area contributed by atoms with Crippen molar-refractivity contribution in [2.24, 2.45) is 0 Å². The number of ether oxygens (including phenoxy) is 1. The van der Waals surface area contributed by atoms with E-state index in [2.05, 4.69) is 5.32 Å². The number of phenolic OH excluding ortho intramolecular Hbond substituents is 2. The molecule has 2 atom stereocenters. The minimum atomic E-state index is -0.949. The lowest BCUT2D eigenvalue weighted by Gasteiger charge is -2.37. The van der Waals surface area contributed by atoms with Gasteiger partial charge in [0.05, 0.1) is 11.6 Å². The van der Waals surface area contributed by atoms with Gasteiger partial charge in [-0.15, -0.1) is 0 Å². The third-order valence-corrected chi connectivity index (χ3v) is 7.82. The minimum absolute atomic E-state index is 0.0367. The number of piperidine rings is 1. The van der Waals surface area contributed by atoms with E-state index < -0.39 is 5.54 Å². The first-order valence-electron chi connectivity index (χ1n) is 12.0. The number of hydrogen-bond donors (Lipinski definition) is 3. The Hall–Kier alpha value is -3.20. The molecule has 0 spiro atoms. The van der Waals surface area contributed by atoms with Crippen LogP contribution in [0.3, 0.4) is 0 Å². The van der Waals surface area contributed by atoms with E-state index in [4.69, 9.17) is 21.3 Å². The molecule has 1 aromatic heterocycles. The van der Waals surface area contributed by atoms with Gasteiger partial charge in [-0.25, -0.2) is 4.98 Å². The second-order valence-electron chi connectivity index (χ2n) is 9.54. The Bertz CT molecular complexity index is 1180. The molecule has 35 heavy (non-hydrogen) atoms. The van der Waals surface area contributed by atoms with Crippen LogP contribution in [-0.4, -0.2) is 70.2 Å². The number of fused-ring (bicyclic) bond motifs is 2. The molecule has 3 aliphatic heterocycles. The topological polar surface area (TPSA) is 115 Å². The van der Waals surface area contributed by atoms with Gasteiger partial charge in [0.1, 0.15) is 45.7 Å².